The lowest BCUT2D eigenvalue weighted by Gasteiger charge is -2.11. The zero-order valence-electron chi connectivity index (χ0n) is 12.3. The average Bonchev–Trinajstić information content (AvgIpc) is 2.61. The maximum absolute atomic E-state index is 9.24. The summed E-state index contributed by atoms with van der Waals surface area (Å²) >= 11 is 6.07. The molecule has 0 amide bonds. The van der Waals surface area contributed by atoms with Gasteiger partial charge in [0.2, 0.25) is 0 Å². The van der Waals surface area contributed by atoms with E-state index in [0.717, 1.165) is 11.1 Å². The van der Waals surface area contributed by atoms with E-state index >= 15 is 0 Å². The molecule has 4 rings (SSSR count). The van der Waals surface area contributed by atoms with Crippen molar-refractivity contribution in [1.82, 2.24) is 0 Å². The minimum absolute atomic E-state index is 0.487. The van der Waals surface area contributed by atoms with Crippen LogP contribution in [-0.2, 0) is 0 Å². The van der Waals surface area contributed by atoms with Gasteiger partial charge in [0.1, 0.15) is 6.07 Å². The first-order valence-corrected chi connectivity index (χ1v) is 7.76. The van der Waals surface area contributed by atoms with E-state index < -0.39 is 0 Å². The van der Waals surface area contributed by atoms with Gasteiger partial charge in [0.15, 0.2) is 0 Å². The van der Waals surface area contributed by atoms with Crippen molar-refractivity contribution in [2.24, 2.45) is 0 Å². The Morgan fingerprint density at radius 3 is 2.22 bits per heavy atom. The molecule has 0 spiro atoms. The second kappa shape index (κ2) is 5.43. The van der Waals surface area contributed by atoms with Crippen LogP contribution in [0.5, 0.6) is 0 Å². The lowest BCUT2D eigenvalue weighted by atomic mass is 9.93. The van der Waals surface area contributed by atoms with Gasteiger partial charge in [-0.2, -0.15) is 5.26 Å². The first-order valence-electron chi connectivity index (χ1n) is 7.38. The molecule has 0 aliphatic carbocycles. The summed E-state index contributed by atoms with van der Waals surface area (Å²) in [7, 11) is 0. The molecule has 0 saturated heterocycles. The van der Waals surface area contributed by atoms with Crippen LogP contribution in [0.1, 0.15) is 5.56 Å². The second-order valence-corrected chi connectivity index (χ2v) is 5.90. The van der Waals surface area contributed by atoms with Gasteiger partial charge in [-0.05, 0) is 50.9 Å². The summed E-state index contributed by atoms with van der Waals surface area (Å²) in [6.45, 7) is 0. The molecule has 23 heavy (non-hydrogen) atoms. The number of fused-ring (bicyclic) bond motifs is 3. The number of hydrogen-bond acceptors (Lipinski definition) is 1. The Morgan fingerprint density at radius 1 is 0.739 bits per heavy atom. The maximum atomic E-state index is 9.24. The minimum Gasteiger partial charge on any atom is -0.192 e. The highest BCUT2D eigenvalue weighted by Gasteiger charge is 2.09. The topological polar surface area (TPSA) is 23.8 Å². The third-order valence-electron chi connectivity index (χ3n) is 4.17. The van der Waals surface area contributed by atoms with Crippen LogP contribution < -0.4 is 0 Å². The fourth-order valence-electron chi connectivity index (χ4n) is 3.07. The van der Waals surface area contributed by atoms with E-state index in [1.165, 1.54) is 21.5 Å². The number of hydrogen-bond donors (Lipinski definition) is 0. The molecule has 108 valence electrons. The van der Waals surface area contributed by atoms with Crippen LogP contribution in [0, 0.1) is 11.3 Å². The van der Waals surface area contributed by atoms with Crippen LogP contribution in [0.15, 0.2) is 72.8 Å². The summed E-state index contributed by atoms with van der Waals surface area (Å²) in [5, 5.41) is 14.5. The normalized spacial score (nSPS) is 10.8. The molecule has 0 atom stereocenters. The Balaban J connectivity index is 2.12. The average molecular weight is 314 g/mol. The van der Waals surface area contributed by atoms with Crippen molar-refractivity contribution in [2.75, 3.05) is 0 Å². The van der Waals surface area contributed by atoms with Crippen LogP contribution >= 0.6 is 11.6 Å². The molecule has 0 aliphatic rings. The monoisotopic (exact) mass is 313 g/mol. The molecule has 0 aliphatic heterocycles. The van der Waals surface area contributed by atoms with Crippen molar-refractivity contribution in [3.8, 4) is 17.2 Å². The fraction of sp³-hybridized carbons (Fsp3) is 0. The molecule has 0 fully saturated rings. The zero-order valence-corrected chi connectivity index (χ0v) is 13.0. The highest BCUT2D eigenvalue weighted by Crippen LogP contribution is 2.35. The standard InChI is InChI=1S/C21H12ClN/c22-21-10-9-15(11-16(21)13-23)20-12-14-5-1-2-6-17(14)18-7-3-4-8-19(18)20/h1-12H. The summed E-state index contributed by atoms with van der Waals surface area (Å²) in [4.78, 5) is 0. The third kappa shape index (κ3) is 2.25. The zero-order chi connectivity index (χ0) is 15.8. The Hall–Kier alpha value is -2.82. The van der Waals surface area contributed by atoms with Gasteiger partial charge in [-0.3, -0.25) is 0 Å². The van der Waals surface area contributed by atoms with Gasteiger partial charge in [0, 0.05) is 0 Å². The Bertz CT molecular complexity index is 1090. The predicted octanol–water partition coefficient (Wildman–Crippen LogP) is 6.19. The van der Waals surface area contributed by atoms with E-state index in [-0.39, 0.29) is 0 Å². The molecule has 0 unspecified atom stereocenters. The summed E-state index contributed by atoms with van der Waals surface area (Å²) in [6.07, 6.45) is 0. The summed E-state index contributed by atoms with van der Waals surface area (Å²) in [5.74, 6) is 0. The maximum Gasteiger partial charge on any atom is 0.101 e. The predicted molar refractivity (Wildman–Crippen MR) is 96.6 cm³/mol. The number of benzene rings is 4. The van der Waals surface area contributed by atoms with Crippen LogP contribution in [-0.4, -0.2) is 0 Å². The summed E-state index contributed by atoms with van der Waals surface area (Å²) < 4.78 is 0. The van der Waals surface area contributed by atoms with Crippen molar-refractivity contribution in [3.63, 3.8) is 0 Å². The molecule has 4 aromatic rings. The molecule has 0 heterocycles. The fourth-order valence-corrected chi connectivity index (χ4v) is 3.23. The van der Waals surface area contributed by atoms with E-state index in [4.69, 9.17) is 11.6 Å². The number of nitrogens with zero attached hydrogens (tertiary/aromatic N) is 1. The number of halogens is 1. The molecule has 0 radical (unpaired) electrons. The summed E-state index contributed by atoms with van der Waals surface area (Å²) in [6, 6.07) is 26.7. The van der Waals surface area contributed by atoms with Gasteiger partial charge >= 0.3 is 0 Å². The van der Waals surface area contributed by atoms with Gasteiger partial charge in [-0.15, -0.1) is 0 Å². The molecule has 1 nitrogen and oxygen atoms in total. The van der Waals surface area contributed by atoms with Crippen LogP contribution in [0.25, 0.3) is 32.7 Å². The third-order valence-corrected chi connectivity index (χ3v) is 4.50. The number of rotatable bonds is 1. The lowest BCUT2D eigenvalue weighted by Crippen LogP contribution is -1.86. The van der Waals surface area contributed by atoms with Crippen LogP contribution in [0.2, 0.25) is 5.02 Å². The molecular weight excluding hydrogens is 302 g/mol. The largest absolute Gasteiger partial charge is 0.192 e. The summed E-state index contributed by atoms with van der Waals surface area (Å²) in [5.41, 5.74) is 2.63. The molecular formula is C21H12ClN. The van der Waals surface area contributed by atoms with Gasteiger partial charge in [0.25, 0.3) is 0 Å². The number of nitriles is 1. The van der Waals surface area contributed by atoms with Gasteiger partial charge in [-0.25, -0.2) is 0 Å². The van der Waals surface area contributed by atoms with Gasteiger partial charge in [-0.1, -0.05) is 66.2 Å². The van der Waals surface area contributed by atoms with Crippen molar-refractivity contribution >= 4 is 33.1 Å². The smallest absolute Gasteiger partial charge is 0.101 e. The SMILES string of the molecule is N#Cc1cc(-c2cc3ccccc3c3ccccc23)ccc1Cl. The Kier molecular flexibility index (Phi) is 3.26. The molecule has 0 N–H and O–H groups in total. The van der Waals surface area contributed by atoms with Crippen molar-refractivity contribution < 1.29 is 0 Å². The van der Waals surface area contributed by atoms with Crippen LogP contribution in [0.3, 0.4) is 0 Å². The van der Waals surface area contributed by atoms with Gasteiger partial charge < -0.3 is 0 Å². The van der Waals surface area contributed by atoms with Crippen LogP contribution in [0.4, 0.5) is 0 Å². The molecule has 0 saturated carbocycles. The van der Waals surface area contributed by atoms with E-state index in [1.807, 2.05) is 24.3 Å². The highest BCUT2D eigenvalue weighted by atomic mass is 35.5. The Morgan fingerprint density at radius 2 is 1.43 bits per heavy atom. The van der Waals surface area contributed by atoms with Crippen molar-refractivity contribution in [1.29, 1.82) is 5.26 Å². The van der Waals surface area contributed by atoms with Gasteiger partial charge in [0.05, 0.1) is 10.6 Å². The van der Waals surface area contributed by atoms with E-state index in [0.29, 0.717) is 10.6 Å². The second-order valence-electron chi connectivity index (χ2n) is 5.50. The minimum atomic E-state index is 0.487. The van der Waals surface area contributed by atoms with E-state index in [9.17, 15) is 5.26 Å². The quantitative estimate of drug-likeness (QED) is 0.385. The highest BCUT2D eigenvalue weighted by molar-refractivity contribution is 6.31. The molecule has 0 aromatic heterocycles. The Labute approximate surface area is 139 Å². The first-order chi connectivity index (χ1) is 11.3. The van der Waals surface area contributed by atoms with Crippen molar-refractivity contribution in [3.05, 3.63) is 83.4 Å². The molecule has 2 heteroatoms. The van der Waals surface area contributed by atoms with E-state index in [2.05, 4.69) is 48.5 Å². The molecule has 4 aromatic carbocycles. The molecule has 0 bridgehead atoms. The lowest BCUT2D eigenvalue weighted by molar-refractivity contribution is 1.48. The first kappa shape index (κ1) is 13.8. The van der Waals surface area contributed by atoms with Crippen molar-refractivity contribution in [2.45, 2.75) is 0 Å². The van der Waals surface area contributed by atoms with E-state index in [1.54, 1.807) is 6.07 Å².